The highest BCUT2D eigenvalue weighted by Gasteiger charge is 2.28. The smallest absolute Gasteiger partial charge is 0.0352 e. The zero-order chi connectivity index (χ0) is 14.7. The molecule has 0 saturated carbocycles. The third-order valence-corrected chi connectivity index (χ3v) is 5.52. The van der Waals surface area contributed by atoms with Crippen LogP contribution in [0.3, 0.4) is 0 Å². The molecule has 1 nitrogen and oxygen atoms in total. The van der Waals surface area contributed by atoms with E-state index in [1.165, 1.54) is 24.0 Å². The topological polar surface area (TPSA) is 26.0 Å². The Balaban J connectivity index is 3.36. The van der Waals surface area contributed by atoms with E-state index >= 15 is 0 Å². The molecule has 0 radical (unpaired) electrons. The first-order chi connectivity index (χ1) is 8.86. The van der Waals surface area contributed by atoms with Gasteiger partial charge in [0.1, 0.15) is 0 Å². The van der Waals surface area contributed by atoms with Gasteiger partial charge in [0, 0.05) is 5.69 Å². The lowest BCUT2D eigenvalue weighted by Crippen LogP contribution is -2.24. The molecular formula is C18H31N. The van der Waals surface area contributed by atoms with Crippen LogP contribution in [-0.4, -0.2) is 0 Å². The van der Waals surface area contributed by atoms with E-state index in [9.17, 15) is 0 Å². The molecule has 0 unspecified atom stereocenters. The van der Waals surface area contributed by atoms with Gasteiger partial charge in [-0.2, -0.15) is 0 Å². The lowest BCUT2D eigenvalue weighted by molar-refractivity contribution is 0.425. The summed E-state index contributed by atoms with van der Waals surface area (Å²) in [5.74, 6) is 0. The first-order valence-electron chi connectivity index (χ1n) is 7.77. The predicted octanol–water partition coefficient (Wildman–Crippen LogP) is 5.42. The van der Waals surface area contributed by atoms with Gasteiger partial charge in [0.2, 0.25) is 0 Å². The number of hydrogen-bond donors (Lipinski definition) is 1. The second kappa shape index (κ2) is 5.98. The zero-order valence-electron chi connectivity index (χ0n) is 13.6. The molecule has 108 valence electrons. The van der Waals surface area contributed by atoms with Gasteiger partial charge in [-0.15, -0.1) is 0 Å². The van der Waals surface area contributed by atoms with Crippen molar-refractivity contribution in [2.24, 2.45) is 0 Å². The Bertz CT molecular complexity index is 412. The number of anilines is 1. The van der Waals surface area contributed by atoms with Gasteiger partial charge in [0.25, 0.3) is 0 Å². The summed E-state index contributed by atoms with van der Waals surface area (Å²) in [4.78, 5) is 0. The molecule has 0 bridgehead atoms. The minimum Gasteiger partial charge on any atom is -0.398 e. The molecule has 0 fully saturated rings. The molecule has 0 heterocycles. The summed E-state index contributed by atoms with van der Waals surface area (Å²) in [5, 5.41) is 0. The molecule has 0 atom stereocenters. The lowest BCUT2D eigenvalue weighted by Gasteiger charge is -2.33. The van der Waals surface area contributed by atoms with Crippen LogP contribution >= 0.6 is 0 Å². The maximum atomic E-state index is 6.25. The molecule has 0 saturated heterocycles. The van der Waals surface area contributed by atoms with Crippen LogP contribution in [-0.2, 0) is 10.8 Å². The molecule has 1 heteroatoms. The fourth-order valence-electron chi connectivity index (χ4n) is 2.74. The van der Waals surface area contributed by atoms with Crippen molar-refractivity contribution in [3.05, 3.63) is 29.3 Å². The Labute approximate surface area is 119 Å². The highest BCUT2D eigenvalue weighted by Crippen LogP contribution is 2.39. The largest absolute Gasteiger partial charge is 0.398 e. The minimum atomic E-state index is 0.197. The van der Waals surface area contributed by atoms with Gasteiger partial charge in [-0.05, 0) is 53.7 Å². The van der Waals surface area contributed by atoms with Gasteiger partial charge in [-0.1, -0.05) is 53.7 Å². The van der Waals surface area contributed by atoms with Crippen molar-refractivity contribution < 1.29 is 0 Å². The molecule has 19 heavy (non-hydrogen) atoms. The molecule has 1 aromatic carbocycles. The van der Waals surface area contributed by atoms with E-state index in [0.717, 1.165) is 18.5 Å². The summed E-state index contributed by atoms with van der Waals surface area (Å²) in [6.07, 6.45) is 4.60. The normalized spacial score (nSPS) is 12.7. The van der Waals surface area contributed by atoms with E-state index in [2.05, 4.69) is 59.7 Å². The molecule has 0 aliphatic carbocycles. The maximum absolute atomic E-state index is 6.25. The number of benzene rings is 1. The maximum Gasteiger partial charge on any atom is 0.0352 e. The molecule has 0 amide bonds. The molecule has 0 aromatic heterocycles. The fourth-order valence-corrected chi connectivity index (χ4v) is 2.74. The van der Waals surface area contributed by atoms with Crippen molar-refractivity contribution in [2.45, 2.75) is 78.1 Å². The Morgan fingerprint density at radius 1 is 0.842 bits per heavy atom. The highest BCUT2D eigenvalue weighted by atomic mass is 14.6. The quantitative estimate of drug-likeness (QED) is 0.679. The van der Waals surface area contributed by atoms with Crippen molar-refractivity contribution in [2.75, 3.05) is 5.73 Å². The minimum absolute atomic E-state index is 0.197. The first-order valence-corrected chi connectivity index (χ1v) is 7.77. The highest BCUT2D eigenvalue weighted by molar-refractivity contribution is 5.53. The molecule has 0 spiro atoms. The van der Waals surface area contributed by atoms with E-state index < -0.39 is 0 Å². The van der Waals surface area contributed by atoms with Crippen LogP contribution in [0.4, 0.5) is 5.69 Å². The van der Waals surface area contributed by atoms with Crippen LogP contribution in [0.5, 0.6) is 0 Å². The van der Waals surface area contributed by atoms with Crippen LogP contribution in [0.1, 0.15) is 78.4 Å². The standard InChI is InChI=1S/C18H31N/c1-7-17(5,8-2)14-11-12-16(19)15(13-14)18(6,9-3)10-4/h11-13H,7-10,19H2,1-6H3. The van der Waals surface area contributed by atoms with E-state index in [4.69, 9.17) is 5.73 Å². The van der Waals surface area contributed by atoms with Crippen molar-refractivity contribution in [1.82, 2.24) is 0 Å². The summed E-state index contributed by atoms with van der Waals surface area (Å²) in [6, 6.07) is 6.70. The van der Waals surface area contributed by atoms with E-state index in [1.54, 1.807) is 0 Å². The summed E-state index contributed by atoms with van der Waals surface area (Å²) < 4.78 is 0. The Morgan fingerprint density at radius 3 is 1.74 bits per heavy atom. The lowest BCUT2D eigenvalue weighted by atomic mass is 9.72. The van der Waals surface area contributed by atoms with Crippen LogP contribution in [0.25, 0.3) is 0 Å². The van der Waals surface area contributed by atoms with E-state index in [0.29, 0.717) is 0 Å². The van der Waals surface area contributed by atoms with Crippen LogP contribution < -0.4 is 5.73 Å². The molecule has 0 aliphatic heterocycles. The van der Waals surface area contributed by atoms with Gasteiger partial charge < -0.3 is 5.73 Å². The number of rotatable bonds is 6. The Kier molecular flexibility index (Phi) is 5.06. The van der Waals surface area contributed by atoms with Crippen molar-refractivity contribution in [1.29, 1.82) is 0 Å². The van der Waals surface area contributed by atoms with Gasteiger partial charge >= 0.3 is 0 Å². The molecule has 1 rings (SSSR count). The monoisotopic (exact) mass is 261 g/mol. The molecule has 2 N–H and O–H groups in total. The second-order valence-electron chi connectivity index (χ2n) is 6.34. The van der Waals surface area contributed by atoms with Gasteiger partial charge in [0.15, 0.2) is 0 Å². The first kappa shape index (κ1) is 16.1. The third-order valence-electron chi connectivity index (χ3n) is 5.52. The summed E-state index contributed by atoms with van der Waals surface area (Å²) >= 11 is 0. The van der Waals surface area contributed by atoms with Crippen molar-refractivity contribution >= 4 is 5.69 Å². The van der Waals surface area contributed by atoms with E-state index in [1.807, 2.05) is 0 Å². The van der Waals surface area contributed by atoms with E-state index in [-0.39, 0.29) is 10.8 Å². The number of nitrogens with two attached hydrogens (primary N) is 1. The fraction of sp³-hybridized carbons (Fsp3) is 0.667. The second-order valence-corrected chi connectivity index (χ2v) is 6.34. The molecule has 1 aromatic rings. The number of nitrogen functional groups attached to an aromatic ring is 1. The number of hydrogen-bond acceptors (Lipinski definition) is 1. The van der Waals surface area contributed by atoms with Gasteiger partial charge in [-0.3, -0.25) is 0 Å². The summed E-state index contributed by atoms with van der Waals surface area (Å²) in [6.45, 7) is 13.8. The summed E-state index contributed by atoms with van der Waals surface area (Å²) in [7, 11) is 0. The summed E-state index contributed by atoms with van der Waals surface area (Å²) in [5.41, 5.74) is 10.4. The average molecular weight is 261 g/mol. The van der Waals surface area contributed by atoms with Crippen molar-refractivity contribution in [3.8, 4) is 0 Å². The van der Waals surface area contributed by atoms with Crippen molar-refractivity contribution in [3.63, 3.8) is 0 Å². The van der Waals surface area contributed by atoms with Crippen LogP contribution in [0, 0.1) is 0 Å². The molecule has 0 aliphatic rings. The average Bonchev–Trinajstić information content (AvgIpc) is 2.46. The van der Waals surface area contributed by atoms with Gasteiger partial charge in [-0.25, -0.2) is 0 Å². The Hall–Kier alpha value is -0.980. The zero-order valence-corrected chi connectivity index (χ0v) is 13.6. The van der Waals surface area contributed by atoms with Gasteiger partial charge in [0.05, 0.1) is 0 Å². The predicted molar refractivity (Wildman–Crippen MR) is 86.7 cm³/mol. The molecular weight excluding hydrogens is 230 g/mol. The third kappa shape index (κ3) is 2.96. The van der Waals surface area contributed by atoms with Crippen LogP contribution in [0.2, 0.25) is 0 Å². The van der Waals surface area contributed by atoms with Crippen LogP contribution in [0.15, 0.2) is 18.2 Å². The Morgan fingerprint density at radius 2 is 1.32 bits per heavy atom. The SMILES string of the molecule is CCC(C)(CC)c1ccc(N)c(C(C)(CC)CC)c1.